The maximum absolute atomic E-state index is 11.2. The number of anilines is 1. The van der Waals surface area contributed by atoms with Gasteiger partial charge < -0.3 is 10.6 Å². The first-order valence-corrected chi connectivity index (χ1v) is 3.56. The zero-order valence-corrected chi connectivity index (χ0v) is 6.53. The molecule has 64 valence electrons. The summed E-state index contributed by atoms with van der Waals surface area (Å²) < 4.78 is 1.25. The van der Waals surface area contributed by atoms with Crippen molar-refractivity contribution < 1.29 is 4.79 Å². The van der Waals surface area contributed by atoms with Crippen LogP contribution in [0.2, 0.25) is 0 Å². The lowest BCUT2D eigenvalue weighted by Crippen LogP contribution is -2.53. The Morgan fingerprint density at radius 2 is 2.42 bits per heavy atom. The number of carbonyl (C=O) groups excluding carboxylic acids is 1. The van der Waals surface area contributed by atoms with E-state index >= 15 is 0 Å². The molecule has 1 atom stereocenters. The van der Waals surface area contributed by atoms with E-state index in [1.807, 2.05) is 6.92 Å². The molecule has 12 heavy (non-hydrogen) atoms. The van der Waals surface area contributed by atoms with E-state index in [1.165, 1.54) is 4.68 Å². The molecule has 0 saturated heterocycles. The Morgan fingerprint density at radius 1 is 1.67 bits per heavy atom. The van der Waals surface area contributed by atoms with Gasteiger partial charge in [0.15, 0.2) is 6.29 Å². The Balaban J connectivity index is 2.50. The first-order chi connectivity index (χ1) is 5.68. The van der Waals surface area contributed by atoms with Gasteiger partial charge in [0, 0.05) is 5.56 Å². The third kappa shape index (κ3) is 0.850. The van der Waals surface area contributed by atoms with Gasteiger partial charge in [0.2, 0.25) is 0 Å². The van der Waals surface area contributed by atoms with E-state index in [0.29, 0.717) is 5.82 Å². The quantitative estimate of drug-likeness (QED) is 0.482. The molecule has 0 radical (unpaired) electrons. The highest BCUT2D eigenvalue weighted by molar-refractivity contribution is 5.82. The summed E-state index contributed by atoms with van der Waals surface area (Å²) in [6, 6.07) is -0.302. The van der Waals surface area contributed by atoms with Gasteiger partial charge in [-0.3, -0.25) is 5.73 Å². The molecule has 2 heterocycles. The van der Waals surface area contributed by atoms with E-state index < -0.39 is 6.29 Å². The normalized spacial score (nSPS) is 21.2. The van der Waals surface area contributed by atoms with Crippen molar-refractivity contribution in [2.75, 3.05) is 5.32 Å². The van der Waals surface area contributed by atoms with Crippen molar-refractivity contribution in [3.8, 4) is 0 Å². The van der Waals surface area contributed by atoms with Crippen molar-refractivity contribution in [1.29, 1.82) is 0 Å². The number of hydrogen-bond donors (Lipinski definition) is 3. The van der Waals surface area contributed by atoms with Gasteiger partial charge in [-0.05, 0) is 6.92 Å². The predicted molar refractivity (Wildman–Crippen MR) is 42.5 cm³/mol. The van der Waals surface area contributed by atoms with Crippen molar-refractivity contribution in [1.82, 2.24) is 15.1 Å². The van der Waals surface area contributed by atoms with E-state index in [4.69, 9.17) is 5.73 Å². The molecule has 1 aliphatic rings. The second kappa shape index (κ2) is 2.21. The van der Waals surface area contributed by atoms with Crippen molar-refractivity contribution in [3.05, 3.63) is 11.8 Å². The summed E-state index contributed by atoms with van der Waals surface area (Å²) in [5.41, 5.74) is 6.39. The highest BCUT2D eigenvalue weighted by Crippen LogP contribution is 2.15. The van der Waals surface area contributed by atoms with Gasteiger partial charge in [0.05, 0.1) is 6.20 Å². The number of aromatic nitrogens is 2. The summed E-state index contributed by atoms with van der Waals surface area (Å²) in [7, 11) is 0. The molecule has 6 heteroatoms. The molecule has 1 aliphatic heterocycles. The number of carbonyl (C=O) groups is 1. The van der Waals surface area contributed by atoms with Crippen LogP contribution in [0.3, 0.4) is 0 Å². The highest BCUT2D eigenvalue weighted by atomic mass is 16.2. The highest BCUT2D eigenvalue weighted by Gasteiger charge is 2.22. The minimum absolute atomic E-state index is 0.302. The van der Waals surface area contributed by atoms with E-state index in [0.717, 1.165) is 5.56 Å². The van der Waals surface area contributed by atoms with E-state index in [2.05, 4.69) is 15.7 Å². The van der Waals surface area contributed by atoms with Gasteiger partial charge in [0.1, 0.15) is 5.82 Å². The molecule has 0 fully saturated rings. The minimum Gasteiger partial charge on any atom is -0.337 e. The van der Waals surface area contributed by atoms with E-state index in [-0.39, 0.29) is 6.03 Å². The molecular formula is C6H9N5O. The summed E-state index contributed by atoms with van der Waals surface area (Å²) in [5, 5.41) is 9.22. The zero-order chi connectivity index (χ0) is 8.72. The molecule has 6 nitrogen and oxygen atoms in total. The Bertz CT molecular complexity index is 331. The van der Waals surface area contributed by atoms with Crippen molar-refractivity contribution in [2.24, 2.45) is 5.73 Å². The van der Waals surface area contributed by atoms with Gasteiger partial charge in [0.25, 0.3) is 0 Å². The number of amides is 1. The molecule has 4 N–H and O–H groups in total. The molecule has 0 aliphatic carbocycles. The van der Waals surface area contributed by atoms with Crippen LogP contribution in [0.5, 0.6) is 0 Å². The SMILES string of the molecule is Cc1cnn2c1NC(N)NC2=O. The second-order valence-electron chi connectivity index (χ2n) is 2.66. The Kier molecular flexibility index (Phi) is 1.31. The maximum Gasteiger partial charge on any atom is 0.346 e. The van der Waals surface area contributed by atoms with Gasteiger partial charge in [-0.25, -0.2) is 4.79 Å². The lowest BCUT2D eigenvalue weighted by Gasteiger charge is -2.22. The average molecular weight is 167 g/mol. The standard InChI is InChI=1S/C6H9N5O/c1-3-2-8-11-4(3)9-5(7)10-6(11)12/h2,5,9H,7H2,1H3,(H,10,12). The predicted octanol–water partition coefficient (Wildman–Crippen LogP) is -0.583. The molecule has 1 amide bonds. The summed E-state index contributed by atoms with van der Waals surface area (Å²) >= 11 is 0. The molecule has 0 aromatic carbocycles. The van der Waals surface area contributed by atoms with Crippen LogP contribution in [0.15, 0.2) is 6.20 Å². The first kappa shape index (κ1) is 7.11. The number of hydrogen-bond acceptors (Lipinski definition) is 4. The number of nitrogens with two attached hydrogens (primary N) is 1. The van der Waals surface area contributed by atoms with Crippen LogP contribution in [0.4, 0.5) is 10.6 Å². The summed E-state index contributed by atoms with van der Waals surface area (Å²) in [5.74, 6) is 0.659. The number of nitrogens with zero attached hydrogens (tertiary/aromatic N) is 2. The van der Waals surface area contributed by atoms with Crippen LogP contribution in [-0.4, -0.2) is 22.1 Å². The van der Waals surface area contributed by atoms with Crippen molar-refractivity contribution >= 4 is 11.8 Å². The van der Waals surface area contributed by atoms with Gasteiger partial charge in [-0.2, -0.15) is 9.78 Å². The lowest BCUT2D eigenvalue weighted by molar-refractivity contribution is 0.235. The summed E-state index contributed by atoms with van der Waals surface area (Å²) in [6.07, 6.45) is 1.08. The largest absolute Gasteiger partial charge is 0.346 e. The van der Waals surface area contributed by atoms with E-state index in [9.17, 15) is 4.79 Å². The number of rotatable bonds is 0. The van der Waals surface area contributed by atoms with Crippen LogP contribution in [0.25, 0.3) is 0 Å². The number of fused-ring (bicyclic) bond motifs is 1. The zero-order valence-electron chi connectivity index (χ0n) is 6.53. The molecule has 1 aromatic heterocycles. The molecular weight excluding hydrogens is 158 g/mol. The van der Waals surface area contributed by atoms with Gasteiger partial charge in [-0.15, -0.1) is 0 Å². The fourth-order valence-corrected chi connectivity index (χ4v) is 1.14. The fourth-order valence-electron chi connectivity index (χ4n) is 1.14. The molecule has 0 saturated carbocycles. The Morgan fingerprint density at radius 3 is 3.17 bits per heavy atom. The maximum atomic E-state index is 11.2. The Hall–Kier alpha value is -1.56. The minimum atomic E-state index is -0.527. The molecule has 0 spiro atoms. The van der Waals surface area contributed by atoms with Crippen LogP contribution in [0, 0.1) is 6.92 Å². The van der Waals surface area contributed by atoms with Gasteiger partial charge in [-0.1, -0.05) is 0 Å². The Labute approximate surface area is 68.7 Å². The third-order valence-electron chi connectivity index (χ3n) is 1.72. The fraction of sp³-hybridized carbons (Fsp3) is 0.333. The summed E-state index contributed by atoms with van der Waals surface area (Å²) in [4.78, 5) is 11.2. The van der Waals surface area contributed by atoms with Crippen LogP contribution < -0.4 is 16.4 Å². The third-order valence-corrected chi connectivity index (χ3v) is 1.72. The lowest BCUT2D eigenvalue weighted by atomic mass is 10.3. The molecule has 0 bridgehead atoms. The molecule has 1 unspecified atom stereocenters. The smallest absolute Gasteiger partial charge is 0.337 e. The van der Waals surface area contributed by atoms with Crippen molar-refractivity contribution in [3.63, 3.8) is 0 Å². The summed E-state index contributed by atoms with van der Waals surface area (Å²) in [6.45, 7) is 1.86. The first-order valence-electron chi connectivity index (χ1n) is 3.56. The number of aryl methyl sites for hydroxylation is 1. The van der Waals surface area contributed by atoms with Crippen LogP contribution in [0.1, 0.15) is 5.56 Å². The number of nitrogens with one attached hydrogen (secondary N) is 2. The molecule has 1 aromatic rings. The van der Waals surface area contributed by atoms with Gasteiger partial charge >= 0.3 is 6.03 Å². The van der Waals surface area contributed by atoms with E-state index in [1.54, 1.807) is 6.20 Å². The second-order valence-corrected chi connectivity index (χ2v) is 2.66. The topological polar surface area (TPSA) is 85.0 Å². The monoisotopic (exact) mass is 167 g/mol. The van der Waals surface area contributed by atoms with Crippen molar-refractivity contribution in [2.45, 2.75) is 13.2 Å². The molecule has 2 rings (SSSR count). The van der Waals surface area contributed by atoms with Crippen LogP contribution >= 0.6 is 0 Å². The average Bonchev–Trinajstić information content (AvgIpc) is 2.33. The van der Waals surface area contributed by atoms with Crippen LogP contribution in [-0.2, 0) is 0 Å².